The number of carbonyl (C=O) groups is 2. The van der Waals surface area contributed by atoms with E-state index in [9.17, 15) is 9.59 Å². The number of nitrogens with one attached hydrogen (secondary N) is 1. The molecule has 0 aromatic carbocycles. The van der Waals surface area contributed by atoms with Crippen molar-refractivity contribution in [3.8, 4) is 0 Å². The molecule has 4 nitrogen and oxygen atoms in total. The lowest BCUT2D eigenvalue weighted by Crippen LogP contribution is -2.38. The maximum absolute atomic E-state index is 13.1. The summed E-state index contributed by atoms with van der Waals surface area (Å²) in [6.07, 6.45) is 3.25. The van der Waals surface area contributed by atoms with Crippen LogP contribution in [0.5, 0.6) is 0 Å². The van der Waals surface area contributed by atoms with E-state index in [1.54, 1.807) is 11.3 Å². The van der Waals surface area contributed by atoms with Crippen LogP contribution in [0.15, 0.2) is 11.4 Å². The summed E-state index contributed by atoms with van der Waals surface area (Å²) in [5.41, 5.74) is 4.41. The van der Waals surface area contributed by atoms with Crippen LogP contribution in [0.1, 0.15) is 68.4 Å². The number of hydrogen-bond donors (Lipinski definition) is 1. The third-order valence-corrected chi connectivity index (χ3v) is 6.19. The summed E-state index contributed by atoms with van der Waals surface area (Å²) in [5.74, 6) is 0.194. The summed E-state index contributed by atoms with van der Waals surface area (Å²) in [6.45, 7) is 4.73. The van der Waals surface area contributed by atoms with Crippen LogP contribution in [-0.4, -0.2) is 28.1 Å². The molecular formula is C18H20N2O2S. The topological polar surface area (TPSA) is 53.2 Å². The number of carbonyl (C=O) groups excluding carboxylic acids is 2. The van der Waals surface area contributed by atoms with Gasteiger partial charge in [-0.2, -0.15) is 0 Å². The summed E-state index contributed by atoms with van der Waals surface area (Å²) in [6, 6.07) is 2.22. The van der Waals surface area contributed by atoms with Crippen LogP contribution < -0.4 is 0 Å². The molecule has 0 radical (unpaired) electrons. The number of aromatic amines is 1. The number of aryl methyl sites for hydroxylation is 1. The molecule has 1 N–H and O–H groups in total. The first-order valence-electron chi connectivity index (χ1n) is 8.19. The molecule has 2 aliphatic rings. The van der Waals surface area contributed by atoms with Gasteiger partial charge in [-0.05, 0) is 55.7 Å². The SMILES string of the molecule is Cc1c(C(=O)N2CCc3sccc3C2C)[nH]c2c1C(=O)CCC2. The summed E-state index contributed by atoms with van der Waals surface area (Å²) < 4.78 is 0. The molecule has 0 saturated carbocycles. The lowest BCUT2D eigenvalue weighted by Gasteiger charge is -2.33. The molecule has 0 saturated heterocycles. The highest BCUT2D eigenvalue weighted by molar-refractivity contribution is 7.10. The number of thiophene rings is 1. The van der Waals surface area contributed by atoms with Crippen LogP contribution in [0, 0.1) is 6.92 Å². The number of fused-ring (bicyclic) bond motifs is 2. The summed E-state index contributed by atoms with van der Waals surface area (Å²) in [5, 5.41) is 2.10. The Balaban J connectivity index is 1.70. The molecule has 0 bridgehead atoms. The minimum Gasteiger partial charge on any atom is -0.354 e. The fourth-order valence-corrected chi connectivity index (χ4v) is 4.88. The van der Waals surface area contributed by atoms with Crippen molar-refractivity contribution in [1.29, 1.82) is 0 Å². The zero-order valence-electron chi connectivity index (χ0n) is 13.4. The minimum absolute atomic E-state index is 0.0223. The Kier molecular flexibility index (Phi) is 3.41. The number of rotatable bonds is 1. The second-order valence-corrected chi connectivity index (χ2v) is 7.48. The van der Waals surface area contributed by atoms with Gasteiger partial charge in [0.05, 0.1) is 6.04 Å². The first kappa shape index (κ1) is 14.7. The second-order valence-electron chi connectivity index (χ2n) is 6.48. The third kappa shape index (κ3) is 2.17. The Morgan fingerprint density at radius 1 is 1.35 bits per heavy atom. The molecule has 0 spiro atoms. The van der Waals surface area contributed by atoms with Gasteiger partial charge in [-0.3, -0.25) is 9.59 Å². The van der Waals surface area contributed by atoms with E-state index in [2.05, 4.69) is 23.4 Å². The second kappa shape index (κ2) is 5.34. The molecule has 4 rings (SSSR count). The molecule has 1 aliphatic carbocycles. The van der Waals surface area contributed by atoms with Crippen molar-refractivity contribution in [3.63, 3.8) is 0 Å². The van der Waals surface area contributed by atoms with Gasteiger partial charge >= 0.3 is 0 Å². The van der Waals surface area contributed by atoms with Crippen LogP contribution in [0.4, 0.5) is 0 Å². The van der Waals surface area contributed by atoms with Crippen LogP contribution >= 0.6 is 11.3 Å². The molecule has 1 atom stereocenters. The molecule has 1 unspecified atom stereocenters. The van der Waals surface area contributed by atoms with E-state index in [4.69, 9.17) is 0 Å². The standard InChI is InChI=1S/C18H20N2O2S/c1-10-16-13(4-3-5-14(16)21)19-17(10)18(22)20-8-6-15-12(11(20)2)7-9-23-15/h7,9,11,19H,3-6,8H2,1-2H3. The Bertz CT molecular complexity index is 802. The highest BCUT2D eigenvalue weighted by Gasteiger charge is 2.33. The van der Waals surface area contributed by atoms with Gasteiger partial charge in [-0.15, -0.1) is 11.3 Å². The van der Waals surface area contributed by atoms with Gasteiger partial charge in [0, 0.05) is 29.1 Å². The van der Waals surface area contributed by atoms with Gasteiger partial charge in [-0.1, -0.05) is 0 Å². The van der Waals surface area contributed by atoms with E-state index in [0.29, 0.717) is 12.1 Å². The van der Waals surface area contributed by atoms with Gasteiger partial charge < -0.3 is 9.88 Å². The number of ketones is 1. The number of Topliss-reactive ketones (excluding diaryl/α,β-unsaturated/α-hetero) is 1. The van der Waals surface area contributed by atoms with E-state index in [1.807, 2.05) is 11.8 Å². The molecule has 2 aromatic heterocycles. The maximum atomic E-state index is 13.1. The predicted molar refractivity (Wildman–Crippen MR) is 90.3 cm³/mol. The summed E-state index contributed by atoms with van der Waals surface area (Å²) >= 11 is 1.77. The van der Waals surface area contributed by atoms with Crippen LogP contribution in [0.25, 0.3) is 0 Å². The maximum Gasteiger partial charge on any atom is 0.271 e. The van der Waals surface area contributed by atoms with Crippen molar-refractivity contribution in [3.05, 3.63) is 44.4 Å². The Morgan fingerprint density at radius 2 is 2.17 bits per heavy atom. The molecule has 120 valence electrons. The lowest BCUT2D eigenvalue weighted by molar-refractivity contribution is 0.0673. The number of amides is 1. The molecule has 3 heterocycles. The number of aromatic nitrogens is 1. The molecule has 23 heavy (non-hydrogen) atoms. The lowest BCUT2D eigenvalue weighted by atomic mass is 9.93. The van der Waals surface area contributed by atoms with E-state index >= 15 is 0 Å². The fourth-order valence-electron chi connectivity index (χ4n) is 3.92. The fraction of sp³-hybridized carbons (Fsp3) is 0.444. The van der Waals surface area contributed by atoms with Gasteiger partial charge in [0.25, 0.3) is 5.91 Å². The number of hydrogen-bond acceptors (Lipinski definition) is 3. The van der Waals surface area contributed by atoms with E-state index in [1.165, 1.54) is 10.4 Å². The van der Waals surface area contributed by atoms with Gasteiger partial charge in [-0.25, -0.2) is 0 Å². The summed E-state index contributed by atoms with van der Waals surface area (Å²) in [7, 11) is 0. The van der Waals surface area contributed by atoms with Crippen molar-refractivity contribution >= 4 is 23.0 Å². The molecule has 1 amide bonds. The Morgan fingerprint density at radius 3 is 2.96 bits per heavy atom. The van der Waals surface area contributed by atoms with E-state index in [-0.39, 0.29) is 17.7 Å². The number of nitrogens with zero attached hydrogens (tertiary/aromatic N) is 1. The third-order valence-electron chi connectivity index (χ3n) is 5.19. The van der Waals surface area contributed by atoms with Gasteiger partial charge in [0.2, 0.25) is 0 Å². The van der Waals surface area contributed by atoms with Crippen LogP contribution in [0.2, 0.25) is 0 Å². The normalized spacial score (nSPS) is 20.3. The largest absolute Gasteiger partial charge is 0.354 e. The van der Waals surface area contributed by atoms with Crippen molar-refractivity contribution in [2.75, 3.05) is 6.54 Å². The predicted octanol–water partition coefficient (Wildman–Crippen LogP) is 3.66. The Hall–Kier alpha value is -1.88. The van der Waals surface area contributed by atoms with Gasteiger partial charge in [0.1, 0.15) is 5.69 Å². The molecule has 0 fully saturated rings. The highest BCUT2D eigenvalue weighted by atomic mass is 32.1. The van der Waals surface area contributed by atoms with Crippen molar-refractivity contribution in [1.82, 2.24) is 9.88 Å². The quantitative estimate of drug-likeness (QED) is 0.868. The molecule has 1 aliphatic heterocycles. The van der Waals surface area contributed by atoms with E-state index < -0.39 is 0 Å². The van der Waals surface area contributed by atoms with Crippen molar-refractivity contribution < 1.29 is 9.59 Å². The van der Waals surface area contributed by atoms with E-state index in [0.717, 1.165) is 42.6 Å². The van der Waals surface area contributed by atoms with Crippen molar-refractivity contribution in [2.45, 2.75) is 45.6 Å². The first-order valence-corrected chi connectivity index (χ1v) is 9.07. The number of H-pyrrole nitrogens is 1. The molecule has 5 heteroatoms. The zero-order valence-corrected chi connectivity index (χ0v) is 14.3. The average molecular weight is 328 g/mol. The zero-order chi connectivity index (χ0) is 16.1. The minimum atomic E-state index is 0.0223. The first-order chi connectivity index (χ1) is 11.1. The molecule has 2 aromatic rings. The monoisotopic (exact) mass is 328 g/mol. The van der Waals surface area contributed by atoms with Crippen LogP contribution in [-0.2, 0) is 12.8 Å². The van der Waals surface area contributed by atoms with Crippen molar-refractivity contribution in [2.24, 2.45) is 0 Å². The van der Waals surface area contributed by atoms with Gasteiger partial charge in [0.15, 0.2) is 5.78 Å². The summed E-state index contributed by atoms with van der Waals surface area (Å²) in [4.78, 5) is 31.8. The average Bonchev–Trinajstić information content (AvgIpc) is 3.13. The smallest absolute Gasteiger partial charge is 0.271 e. The molecular weight excluding hydrogens is 308 g/mol. The Labute approximate surface area is 139 Å². The van der Waals surface area contributed by atoms with Crippen LogP contribution in [0.3, 0.4) is 0 Å². The highest BCUT2D eigenvalue weighted by Crippen LogP contribution is 2.35.